The molecule has 11 heteroatoms. The predicted molar refractivity (Wildman–Crippen MR) is 82.5 cm³/mol. The minimum atomic E-state index is -1.73. The molecule has 2 heterocycles. The van der Waals surface area contributed by atoms with Crippen LogP contribution in [-0.4, -0.2) is 117 Å². The van der Waals surface area contributed by atoms with Gasteiger partial charge in [-0.3, -0.25) is 0 Å². The van der Waals surface area contributed by atoms with Gasteiger partial charge in [0, 0.05) is 0 Å². The van der Waals surface area contributed by atoms with Gasteiger partial charge in [-0.2, -0.15) is 0 Å². The fourth-order valence-corrected chi connectivity index (χ4v) is 2.82. The molecule has 7 N–H and O–H groups in total. The van der Waals surface area contributed by atoms with Crippen molar-refractivity contribution in [2.75, 3.05) is 19.8 Å². The van der Waals surface area contributed by atoms with E-state index in [0.29, 0.717) is 0 Å². The third-order valence-corrected chi connectivity index (χ3v) is 4.32. The summed E-state index contributed by atoms with van der Waals surface area (Å²) in [5, 5.41) is 68.6. The summed E-state index contributed by atoms with van der Waals surface area (Å²) in [5.74, 6) is 0. The fraction of sp³-hybridized carbons (Fsp3) is 0.867. The molecule has 0 aromatic carbocycles. The van der Waals surface area contributed by atoms with Gasteiger partial charge in [-0.05, 0) is 0 Å². The van der Waals surface area contributed by atoms with Crippen LogP contribution in [0.25, 0.3) is 0 Å². The van der Waals surface area contributed by atoms with E-state index in [9.17, 15) is 35.7 Å². The highest BCUT2D eigenvalue weighted by Gasteiger charge is 2.50. The molecule has 0 aromatic heterocycles. The van der Waals surface area contributed by atoms with Crippen molar-refractivity contribution in [2.45, 2.75) is 61.4 Å². The lowest BCUT2D eigenvalue weighted by Gasteiger charge is -2.45. The van der Waals surface area contributed by atoms with Crippen LogP contribution in [0.5, 0.6) is 0 Å². The van der Waals surface area contributed by atoms with Gasteiger partial charge in [-0.1, -0.05) is 6.08 Å². The first-order chi connectivity index (χ1) is 12.3. The Morgan fingerprint density at radius 3 is 2.15 bits per heavy atom. The molecule has 0 spiro atoms. The van der Waals surface area contributed by atoms with Gasteiger partial charge < -0.3 is 54.7 Å². The van der Waals surface area contributed by atoms with E-state index >= 15 is 0 Å². The average Bonchev–Trinajstić information content (AvgIpc) is 2.63. The molecule has 2 aliphatic heterocycles. The molecule has 0 aromatic rings. The first-order valence-corrected chi connectivity index (χ1v) is 8.16. The summed E-state index contributed by atoms with van der Waals surface area (Å²) >= 11 is 0. The zero-order valence-electron chi connectivity index (χ0n) is 13.9. The molecular formula is C15H26O11. The molecule has 0 radical (unpaired) electrons. The van der Waals surface area contributed by atoms with Gasteiger partial charge in [0.2, 0.25) is 0 Å². The maximum atomic E-state index is 10.1. The second-order valence-electron chi connectivity index (χ2n) is 6.17. The van der Waals surface area contributed by atoms with Crippen molar-refractivity contribution in [1.82, 2.24) is 0 Å². The molecule has 11 nitrogen and oxygen atoms in total. The normalized spacial score (nSPS) is 46.9. The van der Waals surface area contributed by atoms with Gasteiger partial charge in [0.15, 0.2) is 12.6 Å². The fourth-order valence-electron chi connectivity index (χ4n) is 2.82. The molecule has 0 aliphatic carbocycles. The van der Waals surface area contributed by atoms with Gasteiger partial charge >= 0.3 is 0 Å². The van der Waals surface area contributed by atoms with Crippen LogP contribution >= 0.6 is 0 Å². The first kappa shape index (κ1) is 21.6. The summed E-state index contributed by atoms with van der Waals surface area (Å²) in [6.45, 7) is 2.84. The topological polar surface area (TPSA) is 179 Å². The highest BCUT2D eigenvalue weighted by Crippen LogP contribution is 2.28. The van der Waals surface area contributed by atoms with Crippen LogP contribution in [0.3, 0.4) is 0 Å². The van der Waals surface area contributed by atoms with E-state index in [2.05, 4.69) is 6.58 Å². The Kier molecular flexibility index (Phi) is 7.88. The van der Waals surface area contributed by atoms with E-state index in [-0.39, 0.29) is 13.2 Å². The van der Waals surface area contributed by atoms with E-state index in [1.54, 1.807) is 0 Å². The maximum absolute atomic E-state index is 10.1. The van der Waals surface area contributed by atoms with Crippen molar-refractivity contribution in [3.63, 3.8) is 0 Å². The van der Waals surface area contributed by atoms with Crippen LogP contribution in [-0.2, 0) is 18.9 Å². The largest absolute Gasteiger partial charge is 0.394 e. The van der Waals surface area contributed by atoms with Crippen LogP contribution in [0.2, 0.25) is 0 Å². The highest BCUT2D eigenvalue weighted by atomic mass is 16.7. The molecule has 26 heavy (non-hydrogen) atoms. The van der Waals surface area contributed by atoms with Crippen molar-refractivity contribution in [2.24, 2.45) is 0 Å². The van der Waals surface area contributed by atoms with Crippen LogP contribution in [0.15, 0.2) is 12.7 Å². The lowest BCUT2D eigenvalue weighted by molar-refractivity contribution is -0.355. The molecule has 0 amide bonds. The second kappa shape index (κ2) is 9.48. The molecule has 152 valence electrons. The lowest BCUT2D eigenvalue weighted by Crippen LogP contribution is -2.64. The predicted octanol–water partition coefficient (Wildman–Crippen LogP) is -4.19. The van der Waals surface area contributed by atoms with Gasteiger partial charge in [-0.15, -0.1) is 6.58 Å². The summed E-state index contributed by atoms with van der Waals surface area (Å²) in [6, 6.07) is 0. The average molecular weight is 382 g/mol. The van der Waals surface area contributed by atoms with Crippen molar-refractivity contribution in [1.29, 1.82) is 0 Å². The Morgan fingerprint density at radius 1 is 0.846 bits per heavy atom. The zero-order valence-corrected chi connectivity index (χ0v) is 13.9. The van der Waals surface area contributed by atoms with Crippen molar-refractivity contribution in [3.05, 3.63) is 12.7 Å². The molecule has 0 bridgehead atoms. The number of hydrogen-bond donors (Lipinski definition) is 7. The quantitative estimate of drug-likeness (QED) is 0.168. The second-order valence-corrected chi connectivity index (χ2v) is 6.17. The number of rotatable bonds is 7. The molecular weight excluding hydrogens is 356 g/mol. The Balaban J connectivity index is 2.08. The molecule has 10 atom stereocenters. The number of aliphatic hydroxyl groups excluding tert-OH is 7. The maximum Gasteiger partial charge on any atom is 0.187 e. The smallest absolute Gasteiger partial charge is 0.187 e. The summed E-state index contributed by atoms with van der Waals surface area (Å²) < 4.78 is 20.9. The minimum Gasteiger partial charge on any atom is -0.394 e. The molecule has 2 rings (SSSR count). The third kappa shape index (κ3) is 4.58. The monoisotopic (exact) mass is 382 g/mol. The van der Waals surface area contributed by atoms with Crippen LogP contribution in [0, 0.1) is 0 Å². The van der Waals surface area contributed by atoms with Crippen LogP contribution in [0.1, 0.15) is 0 Å². The summed E-state index contributed by atoms with van der Waals surface area (Å²) in [4.78, 5) is 0. The Labute approximate surface area is 149 Å². The summed E-state index contributed by atoms with van der Waals surface area (Å²) in [5.41, 5.74) is 0. The number of hydrogen-bond acceptors (Lipinski definition) is 11. The standard InChI is InChI=1S/C15H26O11/c1-2-3-23-5-7-8(17)9(18)12(21)15(25-7)26-13-6(4-16)24-14(22)11(20)10(13)19/h2,6-22H,1,3-5H2/t6-,7-,8-,9+,10-,11-,12-,13-,14-,15+/m1/s1. The Hall–Kier alpha value is -0.700. The molecule has 2 fully saturated rings. The van der Waals surface area contributed by atoms with Crippen molar-refractivity contribution < 1.29 is 54.7 Å². The van der Waals surface area contributed by atoms with Gasteiger partial charge in [0.05, 0.1) is 19.8 Å². The van der Waals surface area contributed by atoms with Crippen LogP contribution < -0.4 is 0 Å². The highest BCUT2D eigenvalue weighted by molar-refractivity contribution is 4.93. The SMILES string of the molecule is C=CCOC[C@H]1O[C@@H](O[C@H]2[C@H](O)[C@@H](O)[C@H](O)O[C@@H]2CO)[C@H](O)[C@@H](O)[C@@H]1O. The van der Waals surface area contributed by atoms with E-state index < -0.39 is 68.0 Å². The van der Waals surface area contributed by atoms with Gasteiger partial charge in [0.1, 0.15) is 48.8 Å². The van der Waals surface area contributed by atoms with E-state index in [4.69, 9.17) is 18.9 Å². The number of ether oxygens (including phenoxy) is 4. The molecule has 0 unspecified atom stereocenters. The molecule has 0 saturated carbocycles. The number of aliphatic hydroxyl groups is 7. The van der Waals surface area contributed by atoms with Crippen LogP contribution in [0.4, 0.5) is 0 Å². The Bertz CT molecular complexity index is 447. The van der Waals surface area contributed by atoms with Gasteiger partial charge in [-0.25, -0.2) is 0 Å². The summed E-state index contributed by atoms with van der Waals surface area (Å²) in [7, 11) is 0. The van der Waals surface area contributed by atoms with E-state index in [1.807, 2.05) is 0 Å². The third-order valence-electron chi connectivity index (χ3n) is 4.32. The summed E-state index contributed by atoms with van der Waals surface area (Å²) in [6.07, 6.45) is -13.6. The van der Waals surface area contributed by atoms with E-state index in [1.165, 1.54) is 6.08 Å². The zero-order chi connectivity index (χ0) is 19.4. The Morgan fingerprint density at radius 2 is 1.54 bits per heavy atom. The minimum absolute atomic E-state index is 0.134. The first-order valence-electron chi connectivity index (χ1n) is 8.16. The molecule has 2 saturated heterocycles. The lowest BCUT2D eigenvalue weighted by atomic mass is 9.97. The van der Waals surface area contributed by atoms with E-state index in [0.717, 1.165) is 0 Å². The molecule has 2 aliphatic rings. The van der Waals surface area contributed by atoms with Crippen molar-refractivity contribution >= 4 is 0 Å². The van der Waals surface area contributed by atoms with Gasteiger partial charge in [0.25, 0.3) is 0 Å². The van der Waals surface area contributed by atoms with Crippen molar-refractivity contribution in [3.8, 4) is 0 Å².